The normalized spacial score (nSPS) is 30.3. The van der Waals surface area contributed by atoms with Crippen LogP contribution in [0.5, 0.6) is 0 Å². The van der Waals surface area contributed by atoms with Crippen molar-refractivity contribution in [1.29, 1.82) is 0 Å². The Balaban J connectivity index is 2.60. The minimum Gasteiger partial charge on any atom is -0.319 e. The summed E-state index contributed by atoms with van der Waals surface area (Å²) in [4.78, 5) is 0. The molecule has 0 radical (unpaired) electrons. The molecule has 1 unspecified atom stereocenters. The molecule has 1 aliphatic rings. The second-order valence-electron chi connectivity index (χ2n) is 8.27. The Kier molecular flexibility index (Phi) is 6.36. The van der Waals surface area contributed by atoms with Gasteiger partial charge in [0.2, 0.25) is 0 Å². The van der Waals surface area contributed by atoms with E-state index in [4.69, 9.17) is 0 Å². The third kappa shape index (κ3) is 5.10. The van der Waals surface area contributed by atoms with Gasteiger partial charge in [0.25, 0.3) is 0 Å². The van der Waals surface area contributed by atoms with Crippen LogP contribution in [0.25, 0.3) is 0 Å². The van der Waals surface area contributed by atoms with E-state index in [1.54, 1.807) is 0 Å². The fourth-order valence-electron chi connectivity index (χ4n) is 4.26. The van der Waals surface area contributed by atoms with Gasteiger partial charge in [0, 0.05) is 6.54 Å². The van der Waals surface area contributed by atoms with E-state index < -0.39 is 0 Å². The van der Waals surface area contributed by atoms with Gasteiger partial charge in [-0.05, 0) is 61.8 Å². The summed E-state index contributed by atoms with van der Waals surface area (Å²) in [6.07, 6.45) is 9.90. The molecule has 0 heterocycles. The number of rotatable bonds is 6. The van der Waals surface area contributed by atoms with Crippen molar-refractivity contribution in [2.45, 2.75) is 79.6 Å². The van der Waals surface area contributed by atoms with Crippen LogP contribution < -0.4 is 5.32 Å². The largest absolute Gasteiger partial charge is 0.319 e. The van der Waals surface area contributed by atoms with Gasteiger partial charge < -0.3 is 5.32 Å². The van der Waals surface area contributed by atoms with E-state index in [1.165, 1.54) is 51.5 Å². The van der Waals surface area contributed by atoms with Gasteiger partial charge in [0.1, 0.15) is 0 Å². The molecular formula is C18H37N. The van der Waals surface area contributed by atoms with E-state index >= 15 is 0 Å². The summed E-state index contributed by atoms with van der Waals surface area (Å²) >= 11 is 0. The van der Waals surface area contributed by atoms with Crippen molar-refractivity contribution < 1.29 is 0 Å². The van der Waals surface area contributed by atoms with Crippen molar-refractivity contribution >= 4 is 0 Å². The second-order valence-corrected chi connectivity index (χ2v) is 8.27. The molecule has 114 valence electrons. The first-order valence-corrected chi connectivity index (χ1v) is 8.47. The minimum atomic E-state index is 0.501. The minimum absolute atomic E-state index is 0.501. The van der Waals surface area contributed by atoms with Gasteiger partial charge in [-0.25, -0.2) is 0 Å². The van der Waals surface area contributed by atoms with Gasteiger partial charge in [-0.3, -0.25) is 0 Å². The fraction of sp³-hybridized carbons (Fsp3) is 1.00. The van der Waals surface area contributed by atoms with E-state index in [2.05, 4.69) is 47.0 Å². The number of nitrogens with one attached hydrogen (secondary N) is 1. The molecule has 1 aliphatic carbocycles. The third-order valence-corrected chi connectivity index (χ3v) is 5.39. The van der Waals surface area contributed by atoms with Crippen LogP contribution in [0.3, 0.4) is 0 Å². The zero-order chi connectivity index (χ0) is 14.5. The lowest BCUT2D eigenvalue weighted by atomic mass is 9.61. The van der Waals surface area contributed by atoms with Gasteiger partial charge in [-0.1, -0.05) is 47.5 Å². The first-order valence-electron chi connectivity index (χ1n) is 8.47. The molecule has 0 saturated heterocycles. The maximum absolute atomic E-state index is 3.48. The highest BCUT2D eigenvalue weighted by molar-refractivity contribution is 4.91. The van der Waals surface area contributed by atoms with E-state index in [0.717, 1.165) is 11.8 Å². The highest BCUT2D eigenvalue weighted by Crippen LogP contribution is 2.48. The average molecular weight is 268 g/mol. The summed E-state index contributed by atoms with van der Waals surface area (Å²) in [6.45, 7) is 13.2. The summed E-state index contributed by atoms with van der Waals surface area (Å²) in [5.41, 5.74) is 1.09. The summed E-state index contributed by atoms with van der Waals surface area (Å²) in [5, 5.41) is 3.48. The Bertz CT molecular complexity index is 243. The average Bonchev–Trinajstić information content (AvgIpc) is 2.28. The molecule has 1 fully saturated rings. The molecule has 0 aromatic heterocycles. The zero-order valence-electron chi connectivity index (χ0n) is 14.3. The summed E-state index contributed by atoms with van der Waals surface area (Å²) in [6, 6.07) is 0. The zero-order valence-corrected chi connectivity index (χ0v) is 14.3. The SMILES string of the molecule is CCCC(C)CC1(CNC)CCC(C(C)(C)C)CC1. The van der Waals surface area contributed by atoms with Crippen molar-refractivity contribution in [3.63, 3.8) is 0 Å². The van der Waals surface area contributed by atoms with Crippen LogP contribution in [0.4, 0.5) is 0 Å². The highest BCUT2D eigenvalue weighted by atomic mass is 14.8. The van der Waals surface area contributed by atoms with Gasteiger partial charge in [-0.2, -0.15) is 0 Å². The standard InChI is InChI=1S/C18H37N/c1-7-8-15(2)13-18(14-19-6)11-9-16(10-12-18)17(3,4)5/h15-16,19H,7-14H2,1-6H3. The smallest absolute Gasteiger partial charge is 0.000491 e. The molecule has 0 aromatic rings. The van der Waals surface area contributed by atoms with E-state index in [9.17, 15) is 0 Å². The molecule has 1 rings (SSSR count). The Labute approximate surface area is 121 Å². The molecule has 0 amide bonds. The van der Waals surface area contributed by atoms with Gasteiger partial charge in [0.15, 0.2) is 0 Å². The van der Waals surface area contributed by atoms with Crippen LogP contribution >= 0.6 is 0 Å². The van der Waals surface area contributed by atoms with Crippen LogP contribution in [0.15, 0.2) is 0 Å². The van der Waals surface area contributed by atoms with Crippen molar-refractivity contribution in [2.24, 2.45) is 22.7 Å². The molecule has 0 aromatic carbocycles. The van der Waals surface area contributed by atoms with E-state index in [0.29, 0.717) is 10.8 Å². The molecule has 0 bridgehead atoms. The first kappa shape index (κ1) is 17.0. The van der Waals surface area contributed by atoms with Crippen molar-refractivity contribution in [3.05, 3.63) is 0 Å². The van der Waals surface area contributed by atoms with Crippen LogP contribution in [0, 0.1) is 22.7 Å². The molecule has 1 nitrogen and oxygen atoms in total. The molecule has 1 N–H and O–H groups in total. The summed E-state index contributed by atoms with van der Waals surface area (Å²) < 4.78 is 0. The predicted molar refractivity (Wildman–Crippen MR) is 86.5 cm³/mol. The molecule has 19 heavy (non-hydrogen) atoms. The Hall–Kier alpha value is -0.0400. The lowest BCUT2D eigenvalue weighted by Gasteiger charge is -2.45. The maximum atomic E-state index is 3.48. The number of hydrogen-bond donors (Lipinski definition) is 1. The second kappa shape index (κ2) is 7.11. The first-order chi connectivity index (χ1) is 8.83. The highest BCUT2D eigenvalue weighted by Gasteiger charge is 2.38. The van der Waals surface area contributed by atoms with Gasteiger partial charge >= 0.3 is 0 Å². The van der Waals surface area contributed by atoms with Crippen molar-refractivity contribution in [2.75, 3.05) is 13.6 Å². The summed E-state index contributed by atoms with van der Waals surface area (Å²) in [7, 11) is 2.13. The van der Waals surface area contributed by atoms with E-state index in [-0.39, 0.29) is 0 Å². The van der Waals surface area contributed by atoms with Crippen LogP contribution in [-0.4, -0.2) is 13.6 Å². The van der Waals surface area contributed by atoms with Gasteiger partial charge in [0.05, 0.1) is 0 Å². The van der Waals surface area contributed by atoms with Crippen LogP contribution in [0.2, 0.25) is 0 Å². The monoisotopic (exact) mass is 267 g/mol. The Morgan fingerprint density at radius 1 is 1.21 bits per heavy atom. The van der Waals surface area contributed by atoms with Crippen LogP contribution in [-0.2, 0) is 0 Å². The lowest BCUT2D eigenvalue weighted by Crippen LogP contribution is -2.39. The summed E-state index contributed by atoms with van der Waals surface area (Å²) in [5.74, 6) is 1.82. The maximum Gasteiger partial charge on any atom is 0.000491 e. The third-order valence-electron chi connectivity index (χ3n) is 5.39. The molecule has 1 saturated carbocycles. The van der Waals surface area contributed by atoms with Crippen molar-refractivity contribution in [1.82, 2.24) is 5.32 Å². The molecule has 1 atom stereocenters. The quantitative estimate of drug-likeness (QED) is 0.692. The lowest BCUT2D eigenvalue weighted by molar-refractivity contribution is 0.0685. The van der Waals surface area contributed by atoms with Gasteiger partial charge in [-0.15, -0.1) is 0 Å². The van der Waals surface area contributed by atoms with Crippen LogP contribution in [0.1, 0.15) is 79.6 Å². The molecule has 1 heteroatoms. The fourth-order valence-corrected chi connectivity index (χ4v) is 4.26. The predicted octanol–water partition coefficient (Wildman–Crippen LogP) is 5.25. The van der Waals surface area contributed by atoms with Crippen molar-refractivity contribution in [3.8, 4) is 0 Å². The van der Waals surface area contributed by atoms with E-state index in [1.807, 2.05) is 0 Å². The Morgan fingerprint density at radius 2 is 1.79 bits per heavy atom. The number of hydrogen-bond acceptors (Lipinski definition) is 1. The molecule has 0 spiro atoms. The molecular weight excluding hydrogens is 230 g/mol. The molecule has 0 aliphatic heterocycles. The Morgan fingerprint density at radius 3 is 2.21 bits per heavy atom. The topological polar surface area (TPSA) is 12.0 Å².